The summed E-state index contributed by atoms with van der Waals surface area (Å²) in [5.74, 6) is -1.41. The van der Waals surface area contributed by atoms with Crippen molar-refractivity contribution in [2.24, 2.45) is 7.05 Å². The first-order valence-electron chi connectivity index (χ1n) is 7.49. The Morgan fingerprint density at radius 3 is 2.40 bits per heavy atom. The number of rotatable bonds is 3. The van der Waals surface area contributed by atoms with Gasteiger partial charge in [-0.3, -0.25) is 4.68 Å². The lowest BCUT2D eigenvalue weighted by atomic mass is 10.0. The predicted molar refractivity (Wildman–Crippen MR) is 95.4 cm³/mol. The molecule has 0 unspecified atom stereocenters. The van der Waals surface area contributed by atoms with Gasteiger partial charge in [0, 0.05) is 23.2 Å². The molecule has 130 valence electrons. The van der Waals surface area contributed by atoms with Gasteiger partial charge < -0.3 is 5.32 Å². The third-order valence-corrected chi connectivity index (χ3v) is 4.48. The van der Waals surface area contributed by atoms with Crippen LogP contribution in [0.15, 0.2) is 34.8 Å². The van der Waals surface area contributed by atoms with E-state index in [0.29, 0.717) is 21.5 Å². The van der Waals surface area contributed by atoms with E-state index in [1.165, 1.54) is 22.9 Å². The molecule has 0 spiro atoms. The monoisotopic (exact) mass is 409 g/mol. The average molecular weight is 410 g/mol. The molecule has 0 atom stereocenters. The lowest BCUT2D eigenvalue weighted by molar-refractivity contribution is 0.585. The summed E-state index contributed by atoms with van der Waals surface area (Å²) in [5, 5.41) is 7.26. The maximum Gasteiger partial charge on any atom is 0.148 e. The highest BCUT2D eigenvalue weighted by atomic mass is 79.9. The van der Waals surface area contributed by atoms with Gasteiger partial charge in [0.05, 0.1) is 16.9 Å². The van der Waals surface area contributed by atoms with Gasteiger partial charge in [-0.25, -0.2) is 13.2 Å². The standard InChI is InChI=1S/C18H15BrF3N3/c1-9-6-13(19)17(15(22)7-9)23-18-16(10(2)24-25(18)3)12-5-4-11(20)8-14(12)21/h4-8,23H,1-3H3. The molecule has 3 aromatic rings. The highest BCUT2D eigenvalue weighted by Gasteiger charge is 2.20. The molecule has 1 heterocycles. The zero-order chi connectivity index (χ0) is 18.3. The first kappa shape index (κ1) is 17.5. The van der Waals surface area contributed by atoms with E-state index in [1.807, 2.05) is 0 Å². The van der Waals surface area contributed by atoms with E-state index in [9.17, 15) is 13.2 Å². The van der Waals surface area contributed by atoms with Crippen molar-refractivity contribution in [2.75, 3.05) is 5.32 Å². The number of aromatic nitrogens is 2. The summed E-state index contributed by atoms with van der Waals surface area (Å²) >= 11 is 3.34. The lowest BCUT2D eigenvalue weighted by Crippen LogP contribution is -2.03. The van der Waals surface area contributed by atoms with Crippen LogP contribution in [0, 0.1) is 31.3 Å². The van der Waals surface area contributed by atoms with Crippen molar-refractivity contribution in [3.8, 4) is 11.1 Å². The van der Waals surface area contributed by atoms with Crippen molar-refractivity contribution < 1.29 is 13.2 Å². The quantitative estimate of drug-likeness (QED) is 0.607. The maximum atomic E-state index is 14.4. The minimum absolute atomic E-state index is 0.193. The Labute approximate surface area is 151 Å². The molecule has 7 heteroatoms. The molecule has 0 aliphatic rings. The number of anilines is 2. The van der Waals surface area contributed by atoms with E-state index >= 15 is 0 Å². The molecule has 0 bridgehead atoms. The SMILES string of the molecule is Cc1cc(F)c(Nc2c(-c3ccc(F)cc3F)c(C)nn2C)c(Br)c1. The van der Waals surface area contributed by atoms with Gasteiger partial charge in [-0.2, -0.15) is 5.10 Å². The Balaban J connectivity index is 2.16. The zero-order valence-corrected chi connectivity index (χ0v) is 15.4. The minimum atomic E-state index is -0.706. The number of nitrogens with zero attached hydrogens (tertiary/aromatic N) is 2. The second kappa shape index (κ2) is 6.55. The number of halogens is 4. The Bertz CT molecular complexity index is 943. The van der Waals surface area contributed by atoms with Gasteiger partial charge in [-0.1, -0.05) is 0 Å². The molecular weight excluding hydrogens is 395 g/mol. The number of hydrogen-bond acceptors (Lipinski definition) is 2. The Kier molecular flexibility index (Phi) is 4.60. The summed E-state index contributed by atoms with van der Waals surface area (Å²) in [7, 11) is 1.67. The summed E-state index contributed by atoms with van der Waals surface area (Å²) in [6, 6.07) is 6.51. The van der Waals surface area contributed by atoms with E-state index in [2.05, 4.69) is 26.3 Å². The van der Waals surface area contributed by atoms with Crippen LogP contribution < -0.4 is 5.32 Å². The van der Waals surface area contributed by atoms with Gasteiger partial charge in [0.15, 0.2) is 0 Å². The third-order valence-electron chi connectivity index (χ3n) is 3.85. The van der Waals surface area contributed by atoms with E-state index in [0.717, 1.165) is 11.6 Å². The van der Waals surface area contributed by atoms with Crippen LogP contribution >= 0.6 is 15.9 Å². The first-order chi connectivity index (χ1) is 11.8. The lowest BCUT2D eigenvalue weighted by Gasteiger charge is -2.13. The average Bonchev–Trinajstić information content (AvgIpc) is 2.77. The molecule has 2 aromatic carbocycles. The van der Waals surface area contributed by atoms with Crippen LogP contribution in [0.1, 0.15) is 11.3 Å². The number of nitrogens with one attached hydrogen (secondary N) is 1. The zero-order valence-electron chi connectivity index (χ0n) is 13.8. The number of benzene rings is 2. The minimum Gasteiger partial charge on any atom is -0.337 e. The van der Waals surface area contributed by atoms with Crippen molar-refractivity contribution in [3.63, 3.8) is 0 Å². The molecular formula is C18H15BrF3N3. The molecule has 1 aromatic heterocycles. The number of hydrogen-bond donors (Lipinski definition) is 1. The van der Waals surface area contributed by atoms with Gasteiger partial charge in [0.25, 0.3) is 0 Å². The fourth-order valence-corrected chi connectivity index (χ4v) is 3.40. The summed E-state index contributed by atoms with van der Waals surface area (Å²) in [6.07, 6.45) is 0. The molecule has 1 N–H and O–H groups in total. The van der Waals surface area contributed by atoms with Crippen LogP contribution in [0.5, 0.6) is 0 Å². The van der Waals surface area contributed by atoms with E-state index in [4.69, 9.17) is 0 Å². The fourth-order valence-electron chi connectivity index (χ4n) is 2.75. The largest absolute Gasteiger partial charge is 0.337 e. The predicted octanol–water partition coefficient (Wildman–Crippen LogP) is 5.63. The van der Waals surface area contributed by atoms with Gasteiger partial charge in [-0.15, -0.1) is 0 Å². The second-order valence-corrected chi connectivity index (χ2v) is 6.64. The van der Waals surface area contributed by atoms with E-state index in [-0.39, 0.29) is 11.3 Å². The molecule has 0 radical (unpaired) electrons. The summed E-state index contributed by atoms with van der Waals surface area (Å²) in [4.78, 5) is 0. The molecule has 0 amide bonds. The molecule has 0 saturated carbocycles. The molecule has 3 rings (SSSR count). The van der Waals surface area contributed by atoms with Crippen molar-refractivity contribution in [2.45, 2.75) is 13.8 Å². The normalized spacial score (nSPS) is 11.0. The summed E-state index contributed by atoms with van der Waals surface area (Å²) in [5.41, 5.74) is 2.17. The highest BCUT2D eigenvalue weighted by molar-refractivity contribution is 9.10. The van der Waals surface area contributed by atoms with E-state index < -0.39 is 17.5 Å². The summed E-state index contributed by atoms with van der Waals surface area (Å²) < 4.78 is 43.9. The smallest absolute Gasteiger partial charge is 0.148 e. The highest BCUT2D eigenvalue weighted by Crippen LogP contribution is 2.37. The van der Waals surface area contributed by atoms with Gasteiger partial charge in [0.1, 0.15) is 23.3 Å². The maximum absolute atomic E-state index is 14.4. The van der Waals surface area contributed by atoms with Crippen LogP contribution in [0.25, 0.3) is 11.1 Å². The van der Waals surface area contributed by atoms with Crippen LogP contribution in [0.4, 0.5) is 24.7 Å². The Morgan fingerprint density at radius 1 is 1.04 bits per heavy atom. The van der Waals surface area contributed by atoms with Crippen molar-refractivity contribution in [1.29, 1.82) is 0 Å². The van der Waals surface area contributed by atoms with Crippen LogP contribution in [-0.2, 0) is 7.05 Å². The van der Waals surface area contributed by atoms with Crippen molar-refractivity contribution in [1.82, 2.24) is 9.78 Å². The third kappa shape index (κ3) is 3.28. The molecule has 0 fully saturated rings. The first-order valence-corrected chi connectivity index (χ1v) is 8.29. The molecule has 0 saturated heterocycles. The van der Waals surface area contributed by atoms with Gasteiger partial charge in [-0.05, 0) is 59.6 Å². The van der Waals surface area contributed by atoms with Crippen LogP contribution in [0.3, 0.4) is 0 Å². The van der Waals surface area contributed by atoms with Crippen molar-refractivity contribution in [3.05, 3.63) is 63.5 Å². The molecule has 3 nitrogen and oxygen atoms in total. The molecule has 0 aliphatic carbocycles. The van der Waals surface area contributed by atoms with Crippen molar-refractivity contribution >= 4 is 27.4 Å². The van der Waals surface area contributed by atoms with Crippen LogP contribution in [0.2, 0.25) is 0 Å². The molecule has 0 aliphatic heterocycles. The fraction of sp³-hybridized carbons (Fsp3) is 0.167. The van der Waals surface area contributed by atoms with Gasteiger partial charge in [0.2, 0.25) is 0 Å². The molecule has 25 heavy (non-hydrogen) atoms. The van der Waals surface area contributed by atoms with E-state index in [1.54, 1.807) is 27.0 Å². The second-order valence-electron chi connectivity index (χ2n) is 5.79. The number of aryl methyl sites for hydroxylation is 3. The topological polar surface area (TPSA) is 29.9 Å². The van der Waals surface area contributed by atoms with Crippen LogP contribution in [-0.4, -0.2) is 9.78 Å². The Hall–Kier alpha value is -2.28. The summed E-state index contributed by atoms with van der Waals surface area (Å²) in [6.45, 7) is 3.50. The Morgan fingerprint density at radius 2 is 1.76 bits per heavy atom. The van der Waals surface area contributed by atoms with Gasteiger partial charge >= 0.3 is 0 Å².